The summed E-state index contributed by atoms with van der Waals surface area (Å²) in [5.74, 6) is 1.46. The maximum absolute atomic E-state index is 12.6. The number of amides is 1. The lowest BCUT2D eigenvalue weighted by Crippen LogP contribution is -2.30. The van der Waals surface area contributed by atoms with Gasteiger partial charge in [-0.25, -0.2) is 0 Å². The molecular weight excluding hydrogens is 348 g/mol. The van der Waals surface area contributed by atoms with Gasteiger partial charge in [0.15, 0.2) is 0 Å². The number of halogens is 1. The van der Waals surface area contributed by atoms with Gasteiger partial charge in [0.1, 0.15) is 12.4 Å². The highest BCUT2D eigenvalue weighted by atomic mass is 35.5. The molecule has 2 aromatic carbocycles. The van der Waals surface area contributed by atoms with E-state index in [0.29, 0.717) is 25.5 Å². The zero-order valence-corrected chi connectivity index (χ0v) is 15.6. The summed E-state index contributed by atoms with van der Waals surface area (Å²) in [5.41, 5.74) is 7.71. The predicted octanol–water partition coefficient (Wildman–Crippen LogP) is 3.31. The molecule has 1 atom stereocenters. The second-order valence-corrected chi connectivity index (χ2v) is 7.22. The van der Waals surface area contributed by atoms with Crippen molar-refractivity contribution in [2.24, 2.45) is 11.7 Å². The van der Waals surface area contributed by atoms with E-state index in [1.807, 2.05) is 41.3 Å². The molecular formula is C21H25ClN2O2. The van der Waals surface area contributed by atoms with Gasteiger partial charge in [0.05, 0.1) is 6.42 Å². The Labute approximate surface area is 159 Å². The lowest BCUT2D eigenvalue weighted by molar-refractivity contribution is -0.129. The summed E-state index contributed by atoms with van der Waals surface area (Å²) in [7, 11) is 0. The molecule has 5 heteroatoms. The Morgan fingerprint density at radius 1 is 1.19 bits per heavy atom. The van der Waals surface area contributed by atoms with Crippen molar-refractivity contribution in [1.29, 1.82) is 0 Å². The van der Waals surface area contributed by atoms with Crippen molar-refractivity contribution in [3.05, 3.63) is 64.7 Å². The molecule has 1 aliphatic heterocycles. The molecule has 1 amide bonds. The SMILES string of the molecule is NCCOc1cccc(CC(=O)N2CCC(Cc3ccc(Cl)cc3)C2)c1. The lowest BCUT2D eigenvalue weighted by atomic mass is 9.99. The van der Waals surface area contributed by atoms with Gasteiger partial charge < -0.3 is 15.4 Å². The number of rotatable bonds is 7. The number of nitrogens with zero attached hydrogens (tertiary/aromatic N) is 1. The highest BCUT2D eigenvalue weighted by Crippen LogP contribution is 2.23. The Bertz CT molecular complexity index is 733. The smallest absolute Gasteiger partial charge is 0.227 e. The van der Waals surface area contributed by atoms with Crippen molar-refractivity contribution in [3.8, 4) is 5.75 Å². The van der Waals surface area contributed by atoms with Crippen LogP contribution in [0.5, 0.6) is 5.75 Å². The van der Waals surface area contributed by atoms with Crippen molar-refractivity contribution in [3.63, 3.8) is 0 Å². The fourth-order valence-corrected chi connectivity index (χ4v) is 3.51. The van der Waals surface area contributed by atoms with Gasteiger partial charge in [0.25, 0.3) is 0 Å². The summed E-state index contributed by atoms with van der Waals surface area (Å²) < 4.78 is 5.54. The van der Waals surface area contributed by atoms with Crippen molar-refractivity contribution in [2.45, 2.75) is 19.3 Å². The number of carbonyl (C=O) groups is 1. The molecule has 1 saturated heterocycles. The zero-order valence-electron chi connectivity index (χ0n) is 14.9. The van der Waals surface area contributed by atoms with Crippen LogP contribution in [-0.2, 0) is 17.6 Å². The Kier molecular flexibility index (Phi) is 6.53. The molecule has 3 rings (SSSR count). The van der Waals surface area contributed by atoms with Gasteiger partial charge in [0, 0.05) is 24.7 Å². The third kappa shape index (κ3) is 5.23. The van der Waals surface area contributed by atoms with E-state index in [0.717, 1.165) is 42.3 Å². The molecule has 0 radical (unpaired) electrons. The van der Waals surface area contributed by atoms with Gasteiger partial charge in [-0.2, -0.15) is 0 Å². The summed E-state index contributed by atoms with van der Waals surface area (Å²) in [6.07, 6.45) is 2.45. The fraction of sp³-hybridized carbons (Fsp3) is 0.381. The molecule has 0 saturated carbocycles. The number of nitrogens with two attached hydrogens (primary N) is 1. The van der Waals surface area contributed by atoms with Gasteiger partial charge in [0.2, 0.25) is 5.91 Å². The molecule has 138 valence electrons. The Hall–Kier alpha value is -2.04. The molecule has 1 fully saturated rings. The number of ether oxygens (including phenoxy) is 1. The lowest BCUT2D eigenvalue weighted by Gasteiger charge is -2.17. The molecule has 2 aromatic rings. The third-order valence-electron chi connectivity index (χ3n) is 4.72. The van der Waals surface area contributed by atoms with Crippen molar-refractivity contribution < 1.29 is 9.53 Å². The predicted molar refractivity (Wildman–Crippen MR) is 105 cm³/mol. The molecule has 26 heavy (non-hydrogen) atoms. The maximum atomic E-state index is 12.6. The van der Waals surface area contributed by atoms with E-state index in [9.17, 15) is 4.79 Å². The number of hydrogen-bond acceptors (Lipinski definition) is 3. The summed E-state index contributed by atoms with van der Waals surface area (Å²) in [4.78, 5) is 14.6. The maximum Gasteiger partial charge on any atom is 0.227 e. The van der Waals surface area contributed by atoms with Crippen LogP contribution in [0.4, 0.5) is 0 Å². The first-order chi connectivity index (χ1) is 12.6. The largest absolute Gasteiger partial charge is 0.492 e. The summed E-state index contributed by atoms with van der Waals surface area (Å²) in [6, 6.07) is 15.7. The standard InChI is InChI=1S/C21H25ClN2O2/c22-19-6-4-16(5-7-19)12-18-8-10-24(15-18)21(25)14-17-2-1-3-20(13-17)26-11-9-23/h1-7,13,18H,8-12,14-15,23H2. The summed E-state index contributed by atoms with van der Waals surface area (Å²) >= 11 is 5.94. The fourth-order valence-electron chi connectivity index (χ4n) is 3.39. The average molecular weight is 373 g/mol. The number of likely N-dealkylation sites (tertiary alicyclic amines) is 1. The second kappa shape index (κ2) is 9.06. The highest BCUT2D eigenvalue weighted by molar-refractivity contribution is 6.30. The van der Waals surface area contributed by atoms with E-state index >= 15 is 0 Å². The van der Waals surface area contributed by atoms with Gasteiger partial charge in [-0.05, 0) is 54.2 Å². The Morgan fingerprint density at radius 2 is 2.00 bits per heavy atom. The molecule has 4 nitrogen and oxygen atoms in total. The van der Waals surface area contributed by atoms with E-state index in [4.69, 9.17) is 22.1 Å². The summed E-state index contributed by atoms with van der Waals surface area (Å²) in [5, 5.41) is 0.759. The molecule has 1 aliphatic rings. The number of benzene rings is 2. The molecule has 1 unspecified atom stereocenters. The van der Waals surface area contributed by atoms with E-state index in [-0.39, 0.29) is 5.91 Å². The quantitative estimate of drug-likeness (QED) is 0.811. The van der Waals surface area contributed by atoms with Crippen LogP contribution >= 0.6 is 11.6 Å². The Balaban J connectivity index is 1.52. The normalized spacial score (nSPS) is 16.7. The minimum atomic E-state index is 0.180. The van der Waals surface area contributed by atoms with Crippen LogP contribution in [0, 0.1) is 5.92 Å². The molecule has 0 spiro atoms. The van der Waals surface area contributed by atoms with Crippen LogP contribution < -0.4 is 10.5 Å². The molecule has 0 aromatic heterocycles. The van der Waals surface area contributed by atoms with Crippen LogP contribution in [0.1, 0.15) is 17.5 Å². The molecule has 1 heterocycles. The highest BCUT2D eigenvalue weighted by Gasteiger charge is 2.26. The van der Waals surface area contributed by atoms with Crippen LogP contribution in [0.15, 0.2) is 48.5 Å². The van der Waals surface area contributed by atoms with Crippen LogP contribution in [0.2, 0.25) is 5.02 Å². The molecule has 2 N–H and O–H groups in total. The van der Waals surface area contributed by atoms with Crippen LogP contribution in [-0.4, -0.2) is 37.0 Å². The van der Waals surface area contributed by atoms with Crippen molar-refractivity contribution in [2.75, 3.05) is 26.2 Å². The van der Waals surface area contributed by atoms with Gasteiger partial charge in [-0.1, -0.05) is 35.9 Å². The number of hydrogen-bond donors (Lipinski definition) is 1. The average Bonchev–Trinajstić information content (AvgIpc) is 3.11. The van der Waals surface area contributed by atoms with E-state index in [2.05, 4.69) is 12.1 Å². The Morgan fingerprint density at radius 3 is 2.77 bits per heavy atom. The van der Waals surface area contributed by atoms with Gasteiger partial charge in [-0.3, -0.25) is 4.79 Å². The van der Waals surface area contributed by atoms with E-state index in [1.54, 1.807) is 0 Å². The minimum Gasteiger partial charge on any atom is -0.492 e. The van der Waals surface area contributed by atoms with Crippen molar-refractivity contribution >= 4 is 17.5 Å². The zero-order chi connectivity index (χ0) is 18.4. The minimum absolute atomic E-state index is 0.180. The van der Waals surface area contributed by atoms with Gasteiger partial charge in [-0.15, -0.1) is 0 Å². The van der Waals surface area contributed by atoms with Crippen LogP contribution in [0.3, 0.4) is 0 Å². The molecule has 0 aliphatic carbocycles. The van der Waals surface area contributed by atoms with Gasteiger partial charge >= 0.3 is 0 Å². The first kappa shape index (κ1) is 18.7. The monoisotopic (exact) mass is 372 g/mol. The van der Waals surface area contributed by atoms with E-state index in [1.165, 1.54) is 5.56 Å². The van der Waals surface area contributed by atoms with Crippen LogP contribution in [0.25, 0.3) is 0 Å². The summed E-state index contributed by atoms with van der Waals surface area (Å²) in [6.45, 7) is 2.62. The second-order valence-electron chi connectivity index (χ2n) is 6.79. The first-order valence-corrected chi connectivity index (χ1v) is 9.46. The third-order valence-corrected chi connectivity index (χ3v) is 4.97. The molecule has 0 bridgehead atoms. The first-order valence-electron chi connectivity index (χ1n) is 9.08. The topological polar surface area (TPSA) is 55.6 Å². The van der Waals surface area contributed by atoms with E-state index < -0.39 is 0 Å². The number of carbonyl (C=O) groups excluding carboxylic acids is 1. The van der Waals surface area contributed by atoms with Crippen molar-refractivity contribution in [1.82, 2.24) is 4.90 Å².